The number of unbranched alkanes of at least 4 members (excludes halogenated alkanes) is 5. The quantitative estimate of drug-likeness (QED) is 0.189. The van der Waals surface area contributed by atoms with Crippen LogP contribution in [0.1, 0.15) is 158 Å². The molecule has 5 aliphatic carbocycles. The third-order valence-corrected chi connectivity index (χ3v) is 15.3. The maximum atomic E-state index is 11.1. The number of amides is 1. The summed E-state index contributed by atoms with van der Waals surface area (Å²) in [6.45, 7) is 24.2. The van der Waals surface area contributed by atoms with Gasteiger partial charge in [0.25, 0.3) is 0 Å². The van der Waals surface area contributed by atoms with Gasteiger partial charge in [-0.05, 0) is 142 Å². The normalized spacial score (nSPS) is 43.9. The van der Waals surface area contributed by atoms with Gasteiger partial charge in [-0.2, -0.15) is 0 Å². The zero-order chi connectivity index (χ0) is 30.4. The van der Waals surface area contributed by atoms with Crippen LogP contribution in [0, 0.1) is 51.2 Å². The Morgan fingerprint density at radius 3 is 2.10 bits per heavy atom. The summed E-state index contributed by atoms with van der Waals surface area (Å²) in [6, 6.07) is 0. The van der Waals surface area contributed by atoms with E-state index in [4.69, 9.17) is 0 Å². The van der Waals surface area contributed by atoms with Gasteiger partial charge >= 0.3 is 0 Å². The number of rotatable bonds is 11. The van der Waals surface area contributed by atoms with E-state index in [1.165, 1.54) is 115 Å². The molecule has 5 fully saturated rings. The summed E-state index contributed by atoms with van der Waals surface area (Å²) >= 11 is 0. The SMILES string of the molecule is C=C(C)[C@@H]1CC[C@]2(NCCCCCCCCNC(C)=O)CC[C@]3(C)C(CCC4[C@@]5(C)CCCC(C)(C)C5CC[C@]43C)C12. The van der Waals surface area contributed by atoms with Gasteiger partial charge in [-0.15, -0.1) is 0 Å². The van der Waals surface area contributed by atoms with Gasteiger partial charge in [0.05, 0.1) is 0 Å². The third-order valence-electron chi connectivity index (χ3n) is 15.3. The third kappa shape index (κ3) is 5.47. The Balaban J connectivity index is 1.26. The first kappa shape index (κ1) is 32.6. The van der Waals surface area contributed by atoms with Gasteiger partial charge in [0.2, 0.25) is 5.91 Å². The van der Waals surface area contributed by atoms with E-state index < -0.39 is 0 Å². The first-order chi connectivity index (χ1) is 19.8. The number of nitrogens with one attached hydrogen (secondary N) is 2. The van der Waals surface area contributed by atoms with Crippen LogP contribution < -0.4 is 10.6 Å². The minimum Gasteiger partial charge on any atom is -0.356 e. The van der Waals surface area contributed by atoms with Crippen molar-refractivity contribution in [1.82, 2.24) is 10.6 Å². The van der Waals surface area contributed by atoms with E-state index >= 15 is 0 Å². The predicted molar refractivity (Wildman–Crippen MR) is 178 cm³/mol. The summed E-state index contributed by atoms with van der Waals surface area (Å²) < 4.78 is 0. The topological polar surface area (TPSA) is 41.1 Å². The lowest BCUT2D eigenvalue weighted by molar-refractivity contribution is -0.231. The van der Waals surface area contributed by atoms with Gasteiger partial charge in [0.15, 0.2) is 0 Å². The number of allylic oxidation sites excluding steroid dienone is 1. The minimum absolute atomic E-state index is 0.0969. The van der Waals surface area contributed by atoms with Crippen molar-refractivity contribution in [3.05, 3.63) is 12.2 Å². The maximum Gasteiger partial charge on any atom is 0.216 e. The van der Waals surface area contributed by atoms with Crippen molar-refractivity contribution in [2.45, 2.75) is 163 Å². The van der Waals surface area contributed by atoms with E-state index in [0.29, 0.717) is 33.1 Å². The Bertz CT molecular complexity index is 987. The summed E-state index contributed by atoms with van der Waals surface area (Å²) in [5.74, 6) is 4.21. The molecule has 0 aromatic heterocycles. The Morgan fingerprint density at radius 2 is 1.40 bits per heavy atom. The minimum atomic E-state index is 0.0969. The first-order valence-electron chi connectivity index (χ1n) is 18.5. The van der Waals surface area contributed by atoms with Gasteiger partial charge < -0.3 is 10.6 Å². The lowest BCUT2D eigenvalue weighted by Gasteiger charge is -2.72. The number of hydrogen-bond acceptors (Lipinski definition) is 2. The Hall–Kier alpha value is -0.830. The Labute approximate surface area is 260 Å². The predicted octanol–water partition coefficient (Wildman–Crippen LogP) is 9.85. The second kappa shape index (κ2) is 12.2. The van der Waals surface area contributed by atoms with Crippen LogP contribution in [0.4, 0.5) is 0 Å². The molecule has 0 aliphatic heterocycles. The fourth-order valence-corrected chi connectivity index (χ4v) is 13.1. The van der Waals surface area contributed by atoms with E-state index in [0.717, 1.165) is 36.6 Å². The number of fused-ring (bicyclic) bond motifs is 7. The lowest BCUT2D eigenvalue weighted by atomic mass is 9.33. The number of hydrogen-bond donors (Lipinski definition) is 2. The molecular weight excluding hydrogens is 512 g/mol. The molecule has 9 atom stereocenters. The lowest BCUT2D eigenvalue weighted by Crippen LogP contribution is -2.68. The fourth-order valence-electron chi connectivity index (χ4n) is 13.1. The van der Waals surface area contributed by atoms with Crippen LogP contribution in [0.2, 0.25) is 0 Å². The van der Waals surface area contributed by atoms with Gasteiger partial charge in [-0.1, -0.05) is 78.9 Å². The molecule has 240 valence electrons. The Morgan fingerprint density at radius 1 is 0.714 bits per heavy atom. The average molecular weight is 581 g/mol. The molecule has 2 N–H and O–H groups in total. The highest BCUT2D eigenvalue weighted by Crippen LogP contribution is 2.76. The number of carbonyl (C=O) groups excluding carboxylic acids is 1. The second-order valence-electron chi connectivity index (χ2n) is 17.7. The highest BCUT2D eigenvalue weighted by Gasteiger charge is 2.70. The van der Waals surface area contributed by atoms with E-state index in [1.54, 1.807) is 6.92 Å². The molecule has 0 radical (unpaired) electrons. The van der Waals surface area contributed by atoms with Crippen molar-refractivity contribution >= 4 is 5.91 Å². The summed E-state index contributed by atoms with van der Waals surface area (Å²) in [7, 11) is 0. The summed E-state index contributed by atoms with van der Waals surface area (Å²) in [5.41, 5.74) is 3.77. The van der Waals surface area contributed by atoms with Crippen molar-refractivity contribution in [2.75, 3.05) is 13.1 Å². The smallest absolute Gasteiger partial charge is 0.216 e. The molecule has 42 heavy (non-hydrogen) atoms. The Kier molecular flexibility index (Phi) is 9.43. The highest BCUT2D eigenvalue weighted by atomic mass is 16.1. The second-order valence-corrected chi connectivity index (χ2v) is 17.7. The summed E-state index contributed by atoms with van der Waals surface area (Å²) in [5, 5.41) is 7.24. The first-order valence-corrected chi connectivity index (χ1v) is 18.5. The molecule has 0 saturated heterocycles. The molecule has 5 aliphatic rings. The molecular formula is C39H68N2O. The van der Waals surface area contributed by atoms with Gasteiger partial charge in [-0.3, -0.25) is 4.79 Å². The number of carbonyl (C=O) groups is 1. The molecule has 5 saturated carbocycles. The van der Waals surface area contributed by atoms with Gasteiger partial charge in [0.1, 0.15) is 0 Å². The van der Waals surface area contributed by atoms with E-state index in [2.05, 4.69) is 58.8 Å². The molecule has 3 heteroatoms. The monoisotopic (exact) mass is 581 g/mol. The van der Waals surface area contributed by atoms with Crippen LogP contribution in [0.25, 0.3) is 0 Å². The molecule has 5 rings (SSSR count). The van der Waals surface area contributed by atoms with Crippen LogP contribution in [0.3, 0.4) is 0 Å². The molecule has 0 heterocycles. The van der Waals surface area contributed by atoms with E-state index in [1.807, 2.05) is 0 Å². The van der Waals surface area contributed by atoms with Gasteiger partial charge in [0, 0.05) is 19.0 Å². The zero-order valence-corrected chi connectivity index (χ0v) is 28.9. The molecule has 0 bridgehead atoms. The van der Waals surface area contributed by atoms with Crippen molar-refractivity contribution in [3.8, 4) is 0 Å². The molecule has 0 aromatic carbocycles. The largest absolute Gasteiger partial charge is 0.356 e. The summed E-state index contributed by atoms with van der Waals surface area (Å²) in [6.07, 6.45) is 23.3. The van der Waals surface area contributed by atoms with Crippen LogP contribution in [-0.4, -0.2) is 24.5 Å². The van der Waals surface area contributed by atoms with Crippen LogP contribution in [0.5, 0.6) is 0 Å². The molecule has 0 aromatic rings. The van der Waals surface area contributed by atoms with Crippen LogP contribution in [-0.2, 0) is 4.79 Å². The zero-order valence-electron chi connectivity index (χ0n) is 28.9. The molecule has 0 spiro atoms. The summed E-state index contributed by atoms with van der Waals surface area (Å²) in [4.78, 5) is 11.1. The van der Waals surface area contributed by atoms with E-state index in [9.17, 15) is 4.79 Å². The maximum absolute atomic E-state index is 11.1. The van der Waals surface area contributed by atoms with Crippen molar-refractivity contribution in [2.24, 2.45) is 51.2 Å². The highest BCUT2D eigenvalue weighted by molar-refractivity contribution is 5.72. The van der Waals surface area contributed by atoms with Gasteiger partial charge in [-0.25, -0.2) is 0 Å². The fraction of sp³-hybridized carbons (Fsp3) is 0.923. The molecule has 3 nitrogen and oxygen atoms in total. The molecule has 1 amide bonds. The van der Waals surface area contributed by atoms with Crippen molar-refractivity contribution in [3.63, 3.8) is 0 Å². The standard InChI is InChI=1S/C39H68N2O/c1-28(2)30-18-23-39(41-27-14-12-10-9-11-13-26-40-29(3)42)25-24-37(7)31(34(30)39)16-17-33-36(6)21-15-20-35(4,5)32(36)19-22-38(33,37)8/h30-34,41H,1,9-27H2,2-8H3,(H,40,42)/t30-,31?,32?,33?,34?,36-,37+,38+,39-/m0/s1. The van der Waals surface area contributed by atoms with E-state index in [-0.39, 0.29) is 5.91 Å². The van der Waals surface area contributed by atoms with Crippen molar-refractivity contribution < 1.29 is 4.79 Å². The molecule has 4 unspecified atom stereocenters. The average Bonchev–Trinajstić information content (AvgIpc) is 3.29. The van der Waals surface area contributed by atoms with Crippen LogP contribution >= 0.6 is 0 Å². The van der Waals surface area contributed by atoms with Crippen molar-refractivity contribution in [1.29, 1.82) is 0 Å². The van der Waals surface area contributed by atoms with Crippen LogP contribution in [0.15, 0.2) is 12.2 Å².